The molecule has 1 aliphatic heterocycles. The summed E-state index contributed by atoms with van der Waals surface area (Å²) in [4.78, 5) is 0. The van der Waals surface area contributed by atoms with Gasteiger partial charge in [0.1, 0.15) is 5.75 Å². The van der Waals surface area contributed by atoms with Crippen LogP contribution in [0.2, 0.25) is 0 Å². The van der Waals surface area contributed by atoms with Gasteiger partial charge in [0.05, 0.1) is 7.11 Å². The molecule has 0 radical (unpaired) electrons. The first-order valence-electron chi connectivity index (χ1n) is 5.89. The molecular weight excluding hydrogens is 215 g/mol. The monoisotopic (exact) mass is 234 g/mol. The number of hydrogen-bond donors (Lipinski definition) is 0. The van der Waals surface area contributed by atoms with Crippen molar-refractivity contribution in [3.05, 3.63) is 23.8 Å². The lowest BCUT2D eigenvalue weighted by atomic mass is 9.75. The third-order valence-corrected chi connectivity index (χ3v) is 2.94. The van der Waals surface area contributed by atoms with Crippen molar-refractivity contribution in [3.63, 3.8) is 0 Å². The Hall–Kier alpha value is -0.995. The molecule has 92 valence electrons. The van der Waals surface area contributed by atoms with Gasteiger partial charge in [0, 0.05) is 18.6 Å². The number of benzene rings is 1. The topological polar surface area (TPSA) is 27.7 Å². The van der Waals surface area contributed by atoms with E-state index < -0.39 is 0 Å². The predicted molar refractivity (Wildman–Crippen MR) is 68.8 cm³/mol. The van der Waals surface area contributed by atoms with Gasteiger partial charge < -0.3 is 14.0 Å². The molecule has 0 atom stereocenters. The number of hydrogen-bond acceptors (Lipinski definition) is 3. The molecule has 1 saturated heterocycles. The Balaban J connectivity index is 2.11. The molecule has 17 heavy (non-hydrogen) atoms. The average Bonchev–Trinajstić information content (AvgIpc) is 2.29. The van der Waals surface area contributed by atoms with Crippen LogP contribution in [-0.4, -0.2) is 27.4 Å². The standard InChI is InChI=1S/C13H19BO3/c1-10-7-11(5-6-12(10)15-4)14-16-8-13(2,3)9-17-14/h5-7H,8-9H2,1-4H3. The van der Waals surface area contributed by atoms with Crippen molar-refractivity contribution in [2.75, 3.05) is 20.3 Å². The van der Waals surface area contributed by atoms with Crippen LogP contribution in [0, 0.1) is 12.3 Å². The zero-order chi connectivity index (χ0) is 12.5. The second-order valence-electron chi connectivity index (χ2n) is 5.35. The van der Waals surface area contributed by atoms with E-state index >= 15 is 0 Å². The van der Waals surface area contributed by atoms with E-state index in [0.717, 1.165) is 30.0 Å². The van der Waals surface area contributed by atoms with Gasteiger partial charge in [0.2, 0.25) is 0 Å². The second kappa shape index (κ2) is 4.71. The zero-order valence-corrected chi connectivity index (χ0v) is 10.9. The second-order valence-corrected chi connectivity index (χ2v) is 5.35. The highest BCUT2D eigenvalue weighted by Gasteiger charge is 2.33. The fraction of sp³-hybridized carbons (Fsp3) is 0.538. The lowest BCUT2D eigenvalue weighted by molar-refractivity contribution is 0.0343. The minimum Gasteiger partial charge on any atom is -0.496 e. The number of ether oxygens (including phenoxy) is 1. The fourth-order valence-electron chi connectivity index (χ4n) is 1.93. The van der Waals surface area contributed by atoms with Gasteiger partial charge in [-0.2, -0.15) is 0 Å². The van der Waals surface area contributed by atoms with Crippen molar-refractivity contribution < 1.29 is 14.0 Å². The maximum Gasteiger partial charge on any atom is 0.493 e. The first-order valence-corrected chi connectivity index (χ1v) is 5.89. The number of rotatable bonds is 2. The summed E-state index contributed by atoms with van der Waals surface area (Å²) in [5.41, 5.74) is 2.26. The summed E-state index contributed by atoms with van der Waals surface area (Å²) in [5, 5.41) is 0. The Morgan fingerprint density at radius 1 is 1.24 bits per heavy atom. The van der Waals surface area contributed by atoms with Crippen molar-refractivity contribution in [2.24, 2.45) is 5.41 Å². The summed E-state index contributed by atoms with van der Waals surface area (Å²) >= 11 is 0. The Labute approximate surface area is 103 Å². The Morgan fingerprint density at radius 2 is 1.88 bits per heavy atom. The van der Waals surface area contributed by atoms with Crippen LogP contribution in [0.4, 0.5) is 0 Å². The molecule has 0 bridgehead atoms. The van der Waals surface area contributed by atoms with Crippen molar-refractivity contribution in [3.8, 4) is 5.75 Å². The lowest BCUT2D eigenvalue weighted by Gasteiger charge is -2.33. The summed E-state index contributed by atoms with van der Waals surface area (Å²) < 4.78 is 16.7. The van der Waals surface area contributed by atoms with Gasteiger partial charge in [-0.05, 0) is 24.0 Å². The van der Waals surface area contributed by atoms with Crippen molar-refractivity contribution in [2.45, 2.75) is 20.8 Å². The van der Waals surface area contributed by atoms with Crippen LogP contribution < -0.4 is 10.2 Å². The van der Waals surface area contributed by atoms with E-state index in [0.29, 0.717) is 0 Å². The molecule has 0 saturated carbocycles. The molecule has 1 heterocycles. The van der Waals surface area contributed by atoms with E-state index in [9.17, 15) is 0 Å². The maximum absolute atomic E-state index is 5.74. The quantitative estimate of drug-likeness (QED) is 0.730. The molecule has 1 aromatic carbocycles. The molecule has 0 spiro atoms. The van der Waals surface area contributed by atoms with Crippen LogP contribution in [0.1, 0.15) is 19.4 Å². The molecular formula is C13H19BO3. The summed E-state index contributed by atoms with van der Waals surface area (Å²) in [6.45, 7) is 7.76. The Bertz CT molecular complexity index is 394. The Morgan fingerprint density at radius 3 is 2.41 bits per heavy atom. The van der Waals surface area contributed by atoms with Crippen LogP contribution in [0.3, 0.4) is 0 Å². The third-order valence-electron chi connectivity index (χ3n) is 2.94. The van der Waals surface area contributed by atoms with Gasteiger partial charge in [-0.1, -0.05) is 26.0 Å². The van der Waals surface area contributed by atoms with Gasteiger partial charge in [0.15, 0.2) is 0 Å². The van der Waals surface area contributed by atoms with Gasteiger partial charge in [-0.15, -0.1) is 0 Å². The molecule has 2 rings (SSSR count). The molecule has 3 nitrogen and oxygen atoms in total. The van der Waals surface area contributed by atoms with Gasteiger partial charge in [-0.3, -0.25) is 0 Å². The average molecular weight is 234 g/mol. The van der Waals surface area contributed by atoms with E-state index in [-0.39, 0.29) is 12.5 Å². The zero-order valence-electron chi connectivity index (χ0n) is 10.9. The minimum atomic E-state index is -0.243. The normalized spacial score (nSPS) is 19.2. The lowest BCUT2D eigenvalue weighted by Crippen LogP contribution is -2.47. The van der Waals surface area contributed by atoms with Gasteiger partial charge in [0.25, 0.3) is 0 Å². The van der Waals surface area contributed by atoms with Crippen molar-refractivity contribution >= 4 is 12.6 Å². The summed E-state index contributed by atoms with van der Waals surface area (Å²) in [5.74, 6) is 0.893. The minimum absolute atomic E-state index is 0.109. The molecule has 1 fully saturated rings. The molecule has 0 aromatic heterocycles. The predicted octanol–water partition coefficient (Wildman–Crippen LogP) is 1.77. The van der Waals surface area contributed by atoms with E-state index in [4.69, 9.17) is 14.0 Å². The van der Waals surface area contributed by atoms with Crippen molar-refractivity contribution in [1.29, 1.82) is 0 Å². The molecule has 0 unspecified atom stereocenters. The molecule has 4 heteroatoms. The van der Waals surface area contributed by atoms with Crippen LogP contribution in [0.5, 0.6) is 5.75 Å². The highest BCUT2D eigenvalue weighted by atomic mass is 16.6. The first kappa shape index (κ1) is 12.5. The third kappa shape index (κ3) is 2.82. The highest BCUT2D eigenvalue weighted by Crippen LogP contribution is 2.22. The largest absolute Gasteiger partial charge is 0.496 e. The molecule has 0 amide bonds. The molecule has 0 N–H and O–H groups in total. The summed E-state index contributed by atoms with van der Waals surface area (Å²) in [7, 11) is 1.44. The van der Waals surface area contributed by atoms with Crippen LogP contribution in [0.15, 0.2) is 18.2 Å². The smallest absolute Gasteiger partial charge is 0.493 e. The molecule has 1 aromatic rings. The van der Waals surface area contributed by atoms with E-state index in [2.05, 4.69) is 19.9 Å². The van der Waals surface area contributed by atoms with E-state index in [1.165, 1.54) is 0 Å². The number of aryl methyl sites for hydroxylation is 1. The first-order chi connectivity index (χ1) is 8.02. The molecule has 0 aliphatic carbocycles. The van der Waals surface area contributed by atoms with Crippen LogP contribution in [0.25, 0.3) is 0 Å². The Kier molecular flexibility index (Phi) is 3.45. The van der Waals surface area contributed by atoms with Crippen LogP contribution in [-0.2, 0) is 9.31 Å². The number of methoxy groups -OCH3 is 1. The van der Waals surface area contributed by atoms with Crippen LogP contribution >= 0.6 is 0 Å². The fourth-order valence-corrected chi connectivity index (χ4v) is 1.93. The highest BCUT2D eigenvalue weighted by molar-refractivity contribution is 6.61. The van der Waals surface area contributed by atoms with E-state index in [1.54, 1.807) is 7.11 Å². The summed E-state index contributed by atoms with van der Waals surface area (Å²) in [6, 6.07) is 6.01. The SMILES string of the molecule is COc1ccc(B2OCC(C)(C)CO2)cc1C. The van der Waals surface area contributed by atoms with E-state index in [1.807, 2.05) is 19.1 Å². The van der Waals surface area contributed by atoms with Gasteiger partial charge >= 0.3 is 7.12 Å². The molecule has 1 aliphatic rings. The summed E-state index contributed by atoms with van der Waals surface area (Å²) in [6.07, 6.45) is 0. The van der Waals surface area contributed by atoms with Gasteiger partial charge in [-0.25, -0.2) is 0 Å². The maximum atomic E-state index is 5.74. The van der Waals surface area contributed by atoms with Crippen molar-refractivity contribution in [1.82, 2.24) is 0 Å².